The van der Waals surface area contributed by atoms with E-state index in [0.717, 1.165) is 23.3 Å². The maximum absolute atomic E-state index is 5.76. The van der Waals surface area contributed by atoms with Gasteiger partial charge in [0.15, 0.2) is 0 Å². The summed E-state index contributed by atoms with van der Waals surface area (Å²) in [6.45, 7) is 1.62. The lowest BCUT2D eigenvalue weighted by Crippen LogP contribution is -2.15. The van der Waals surface area contributed by atoms with E-state index in [1.165, 1.54) is 25.7 Å². The second-order valence-electron chi connectivity index (χ2n) is 4.10. The maximum Gasteiger partial charge on any atom is 0.0642 e. The normalized spacial score (nSPS) is 16.6. The van der Waals surface area contributed by atoms with Crippen LogP contribution in [-0.2, 0) is 4.74 Å². The summed E-state index contributed by atoms with van der Waals surface area (Å²) in [5, 5.41) is 3.29. The number of rotatable bonds is 5. The van der Waals surface area contributed by atoms with Gasteiger partial charge in [-0.05, 0) is 34.8 Å². The van der Waals surface area contributed by atoms with E-state index in [1.54, 1.807) is 6.20 Å². The van der Waals surface area contributed by atoms with E-state index in [9.17, 15) is 0 Å². The van der Waals surface area contributed by atoms with Gasteiger partial charge in [-0.25, -0.2) is 0 Å². The molecule has 1 aromatic rings. The van der Waals surface area contributed by atoms with Crippen molar-refractivity contribution in [3.8, 4) is 0 Å². The minimum absolute atomic E-state index is 0.502. The number of ether oxygens (including phenoxy) is 1. The molecule has 0 amide bonds. The van der Waals surface area contributed by atoms with Crippen molar-refractivity contribution in [2.24, 2.45) is 0 Å². The summed E-state index contributed by atoms with van der Waals surface area (Å²) in [7, 11) is 0. The molecule has 0 atom stereocenters. The Hall–Kier alpha value is -0.610. The molecule has 2 rings (SSSR count). The standard InChI is InChI=1S/C12H17BrN2O/c13-10-7-11(9-14-8-10)15-5-6-16-12-3-1-2-4-12/h7-9,12,15H,1-6H2. The summed E-state index contributed by atoms with van der Waals surface area (Å²) in [5.74, 6) is 0. The Morgan fingerprint density at radius 2 is 2.19 bits per heavy atom. The summed E-state index contributed by atoms with van der Waals surface area (Å²) in [6, 6.07) is 2.02. The summed E-state index contributed by atoms with van der Waals surface area (Å²) < 4.78 is 6.75. The molecule has 1 aromatic heterocycles. The van der Waals surface area contributed by atoms with Crippen molar-refractivity contribution in [2.75, 3.05) is 18.5 Å². The van der Waals surface area contributed by atoms with Crippen LogP contribution in [0.5, 0.6) is 0 Å². The second-order valence-corrected chi connectivity index (χ2v) is 5.01. The lowest BCUT2D eigenvalue weighted by Gasteiger charge is -2.11. The maximum atomic E-state index is 5.76. The first-order valence-electron chi connectivity index (χ1n) is 5.80. The van der Waals surface area contributed by atoms with Crippen LogP contribution in [0.15, 0.2) is 22.9 Å². The number of hydrogen-bond acceptors (Lipinski definition) is 3. The van der Waals surface area contributed by atoms with E-state index in [-0.39, 0.29) is 0 Å². The second kappa shape index (κ2) is 6.21. The van der Waals surface area contributed by atoms with E-state index < -0.39 is 0 Å². The molecule has 4 heteroatoms. The molecule has 0 spiro atoms. The lowest BCUT2D eigenvalue weighted by molar-refractivity contribution is 0.0659. The molecule has 3 nitrogen and oxygen atoms in total. The Labute approximate surface area is 105 Å². The molecule has 0 aliphatic heterocycles. The Bertz CT molecular complexity index is 327. The zero-order chi connectivity index (χ0) is 11.2. The van der Waals surface area contributed by atoms with Gasteiger partial charge in [-0.2, -0.15) is 0 Å². The minimum atomic E-state index is 0.502. The van der Waals surface area contributed by atoms with Crippen molar-refractivity contribution < 1.29 is 4.74 Å². The van der Waals surface area contributed by atoms with E-state index in [1.807, 2.05) is 12.3 Å². The highest BCUT2D eigenvalue weighted by atomic mass is 79.9. The number of nitrogens with zero attached hydrogens (tertiary/aromatic N) is 1. The van der Waals surface area contributed by atoms with E-state index in [2.05, 4.69) is 26.2 Å². The number of pyridine rings is 1. The predicted molar refractivity (Wildman–Crippen MR) is 68.6 cm³/mol. The van der Waals surface area contributed by atoms with Crippen LogP contribution in [0.25, 0.3) is 0 Å². The van der Waals surface area contributed by atoms with Crippen molar-refractivity contribution in [1.82, 2.24) is 4.98 Å². The van der Waals surface area contributed by atoms with E-state index in [0.29, 0.717) is 6.10 Å². The Balaban J connectivity index is 1.64. The highest BCUT2D eigenvalue weighted by molar-refractivity contribution is 9.10. The molecular formula is C12H17BrN2O. The lowest BCUT2D eigenvalue weighted by atomic mass is 10.3. The van der Waals surface area contributed by atoms with Crippen molar-refractivity contribution in [3.63, 3.8) is 0 Å². The number of hydrogen-bond donors (Lipinski definition) is 1. The highest BCUT2D eigenvalue weighted by Gasteiger charge is 2.14. The highest BCUT2D eigenvalue weighted by Crippen LogP contribution is 2.20. The Morgan fingerprint density at radius 1 is 1.38 bits per heavy atom. The quantitative estimate of drug-likeness (QED) is 0.843. The molecule has 1 aliphatic rings. The number of anilines is 1. The monoisotopic (exact) mass is 284 g/mol. The van der Waals surface area contributed by atoms with Crippen LogP contribution in [0.3, 0.4) is 0 Å². The van der Waals surface area contributed by atoms with Crippen molar-refractivity contribution >= 4 is 21.6 Å². The van der Waals surface area contributed by atoms with Gasteiger partial charge in [0.1, 0.15) is 0 Å². The van der Waals surface area contributed by atoms with Gasteiger partial charge in [-0.15, -0.1) is 0 Å². The van der Waals surface area contributed by atoms with Crippen LogP contribution >= 0.6 is 15.9 Å². The predicted octanol–water partition coefficient (Wildman–Crippen LogP) is 3.22. The van der Waals surface area contributed by atoms with Crippen LogP contribution in [0.2, 0.25) is 0 Å². The molecule has 1 N–H and O–H groups in total. The van der Waals surface area contributed by atoms with Gasteiger partial charge in [0.25, 0.3) is 0 Å². The molecule has 88 valence electrons. The third-order valence-electron chi connectivity index (χ3n) is 2.79. The third-order valence-corrected chi connectivity index (χ3v) is 3.23. The number of aromatic nitrogens is 1. The topological polar surface area (TPSA) is 34.2 Å². The fraction of sp³-hybridized carbons (Fsp3) is 0.583. The summed E-state index contributed by atoms with van der Waals surface area (Å²) in [5.41, 5.74) is 1.03. The van der Waals surface area contributed by atoms with Gasteiger partial charge >= 0.3 is 0 Å². The fourth-order valence-corrected chi connectivity index (χ4v) is 2.35. The van der Waals surface area contributed by atoms with Gasteiger partial charge < -0.3 is 10.1 Å². The van der Waals surface area contributed by atoms with Crippen molar-refractivity contribution in [1.29, 1.82) is 0 Å². The Morgan fingerprint density at radius 3 is 2.94 bits per heavy atom. The van der Waals surface area contributed by atoms with E-state index >= 15 is 0 Å². The first kappa shape index (κ1) is 11.9. The number of halogens is 1. The van der Waals surface area contributed by atoms with Crippen LogP contribution in [0, 0.1) is 0 Å². The Kier molecular flexibility index (Phi) is 4.60. The molecule has 1 heterocycles. The molecule has 1 saturated carbocycles. The fourth-order valence-electron chi connectivity index (χ4n) is 1.98. The summed E-state index contributed by atoms with van der Waals surface area (Å²) in [4.78, 5) is 4.09. The van der Waals surface area contributed by atoms with Crippen LogP contribution < -0.4 is 5.32 Å². The van der Waals surface area contributed by atoms with Gasteiger partial charge in [-0.1, -0.05) is 12.8 Å². The van der Waals surface area contributed by atoms with E-state index in [4.69, 9.17) is 4.74 Å². The zero-order valence-corrected chi connectivity index (χ0v) is 10.9. The van der Waals surface area contributed by atoms with Crippen LogP contribution in [0.4, 0.5) is 5.69 Å². The zero-order valence-electron chi connectivity index (χ0n) is 9.29. The smallest absolute Gasteiger partial charge is 0.0642 e. The first-order valence-corrected chi connectivity index (χ1v) is 6.60. The molecule has 0 saturated heterocycles. The molecule has 0 aromatic carbocycles. The summed E-state index contributed by atoms with van der Waals surface area (Å²) in [6.07, 6.45) is 9.22. The van der Waals surface area contributed by atoms with Crippen molar-refractivity contribution in [3.05, 3.63) is 22.9 Å². The van der Waals surface area contributed by atoms with Gasteiger partial charge in [0.05, 0.1) is 24.6 Å². The average Bonchev–Trinajstić information content (AvgIpc) is 2.77. The van der Waals surface area contributed by atoms with Crippen LogP contribution in [-0.4, -0.2) is 24.2 Å². The molecule has 0 unspecified atom stereocenters. The SMILES string of the molecule is Brc1cncc(NCCOC2CCCC2)c1. The minimum Gasteiger partial charge on any atom is -0.381 e. The van der Waals surface area contributed by atoms with Crippen molar-refractivity contribution in [2.45, 2.75) is 31.8 Å². The van der Waals surface area contributed by atoms with Gasteiger partial charge in [0, 0.05) is 17.2 Å². The molecule has 0 bridgehead atoms. The third kappa shape index (κ3) is 3.76. The summed E-state index contributed by atoms with van der Waals surface area (Å²) >= 11 is 3.39. The average molecular weight is 285 g/mol. The number of nitrogens with one attached hydrogen (secondary N) is 1. The largest absolute Gasteiger partial charge is 0.381 e. The van der Waals surface area contributed by atoms with Crippen LogP contribution in [0.1, 0.15) is 25.7 Å². The molecule has 1 aliphatic carbocycles. The molecule has 1 fully saturated rings. The molecule has 16 heavy (non-hydrogen) atoms. The molecular weight excluding hydrogens is 268 g/mol. The first-order chi connectivity index (χ1) is 7.84. The van der Waals surface area contributed by atoms with Gasteiger partial charge in [0.2, 0.25) is 0 Å². The van der Waals surface area contributed by atoms with Gasteiger partial charge in [-0.3, -0.25) is 4.98 Å². The molecule has 0 radical (unpaired) electrons.